The molecular formula is C14H19N5. The molecule has 100 valence electrons. The van der Waals surface area contributed by atoms with Crippen LogP contribution in [-0.4, -0.2) is 32.6 Å². The molecule has 0 unspecified atom stereocenters. The van der Waals surface area contributed by atoms with E-state index in [9.17, 15) is 0 Å². The lowest BCUT2D eigenvalue weighted by Gasteiger charge is -2.18. The smallest absolute Gasteiger partial charge is 0.183 e. The molecule has 0 aliphatic carbocycles. The van der Waals surface area contributed by atoms with Crippen molar-refractivity contribution in [1.29, 1.82) is 0 Å². The van der Waals surface area contributed by atoms with Crippen LogP contribution in [0.4, 0.5) is 5.82 Å². The van der Waals surface area contributed by atoms with Gasteiger partial charge in [-0.2, -0.15) is 0 Å². The maximum atomic E-state index is 4.62. The molecule has 1 aliphatic heterocycles. The quantitative estimate of drug-likeness (QED) is 0.788. The van der Waals surface area contributed by atoms with Crippen molar-refractivity contribution >= 4 is 17.0 Å². The summed E-state index contributed by atoms with van der Waals surface area (Å²) in [4.78, 5) is 15.8. The molecule has 0 bridgehead atoms. The van der Waals surface area contributed by atoms with Crippen LogP contribution in [0.3, 0.4) is 0 Å². The Morgan fingerprint density at radius 2 is 2.11 bits per heavy atom. The fourth-order valence-corrected chi connectivity index (χ4v) is 2.75. The van der Waals surface area contributed by atoms with Crippen molar-refractivity contribution < 1.29 is 0 Å². The molecule has 19 heavy (non-hydrogen) atoms. The second-order valence-electron chi connectivity index (χ2n) is 4.84. The monoisotopic (exact) mass is 257 g/mol. The third kappa shape index (κ3) is 1.99. The molecule has 0 N–H and O–H groups in total. The SMILES string of the molecule is C=CCn1c(CC)nc2ncnc(N3CCCC3)c21. The van der Waals surface area contributed by atoms with Gasteiger partial charge in [0.15, 0.2) is 11.5 Å². The van der Waals surface area contributed by atoms with Gasteiger partial charge in [-0.3, -0.25) is 0 Å². The first-order valence-corrected chi connectivity index (χ1v) is 6.91. The van der Waals surface area contributed by atoms with Crippen molar-refractivity contribution in [3.05, 3.63) is 24.8 Å². The first kappa shape index (κ1) is 12.1. The van der Waals surface area contributed by atoms with Gasteiger partial charge in [-0.25, -0.2) is 15.0 Å². The highest BCUT2D eigenvalue weighted by atomic mass is 15.2. The number of fused-ring (bicyclic) bond motifs is 1. The van der Waals surface area contributed by atoms with Gasteiger partial charge in [0.25, 0.3) is 0 Å². The molecule has 5 nitrogen and oxygen atoms in total. The Morgan fingerprint density at radius 1 is 1.32 bits per heavy atom. The Kier molecular flexibility index (Phi) is 3.19. The van der Waals surface area contributed by atoms with E-state index in [0.29, 0.717) is 0 Å². The predicted molar refractivity (Wildman–Crippen MR) is 76.3 cm³/mol. The van der Waals surface area contributed by atoms with Gasteiger partial charge in [-0.1, -0.05) is 13.0 Å². The molecule has 0 aromatic carbocycles. The van der Waals surface area contributed by atoms with Gasteiger partial charge in [0, 0.05) is 26.1 Å². The lowest BCUT2D eigenvalue weighted by Crippen LogP contribution is -2.20. The Labute approximate surface area is 113 Å². The predicted octanol–water partition coefficient (Wildman–Crippen LogP) is 2.17. The molecule has 0 saturated carbocycles. The number of imidazole rings is 1. The average molecular weight is 257 g/mol. The van der Waals surface area contributed by atoms with Crippen molar-refractivity contribution in [3.8, 4) is 0 Å². The highest BCUT2D eigenvalue weighted by Crippen LogP contribution is 2.27. The van der Waals surface area contributed by atoms with E-state index in [1.807, 2.05) is 6.08 Å². The Balaban J connectivity index is 2.20. The van der Waals surface area contributed by atoms with E-state index in [2.05, 4.69) is 37.9 Å². The normalized spacial score (nSPS) is 15.3. The molecule has 0 spiro atoms. The number of aromatic nitrogens is 4. The van der Waals surface area contributed by atoms with Gasteiger partial charge in [0.05, 0.1) is 0 Å². The zero-order valence-electron chi connectivity index (χ0n) is 11.3. The van der Waals surface area contributed by atoms with Gasteiger partial charge in [0.1, 0.15) is 17.7 Å². The van der Waals surface area contributed by atoms with E-state index >= 15 is 0 Å². The van der Waals surface area contributed by atoms with Gasteiger partial charge in [-0.05, 0) is 12.8 Å². The minimum absolute atomic E-state index is 0.758. The lowest BCUT2D eigenvalue weighted by molar-refractivity contribution is 0.766. The molecule has 3 heterocycles. The number of rotatable bonds is 4. The molecule has 0 amide bonds. The number of hydrogen-bond acceptors (Lipinski definition) is 4. The van der Waals surface area contributed by atoms with Crippen molar-refractivity contribution in [1.82, 2.24) is 19.5 Å². The van der Waals surface area contributed by atoms with Crippen LogP contribution in [0.5, 0.6) is 0 Å². The number of hydrogen-bond donors (Lipinski definition) is 0. The Hall–Kier alpha value is -1.91. The summed E-state index contributed by atoms with van der Waals surface area (Å²) >= 11 is 0. The molecule has 1 fully saturated rings. The van der Waals surface area contributed by atoms with Gasteiger partial charge in [0.2, 0.25) is 0 Å². The van der Waals surface area contributed by atoms with Gasteiger partial charge in [-0.15, -0.1) is 6.58 Å². The maximum absolute atomic E-state index is 4.62. The Morgan fingerprint density at radius 3 is 2.79 bits per heavy atom. The Bertz CT molecular complexity index is 595. The van der Waals surface area contributed by atoms with Gasteiger partial charge >= 0.3 is 0 Å². The van der Waals surface area contributed by atoms with Crippen LogP contribution in [0, 0.1) is 0 Å². The van der Waals surface area contributed by atoms with Gasteiger partial charge < -0.3 is 9.47 Å². The van der Waals surface area contributed by atoms with E-state index in [1.165, 1.54) is 12.8 Å². The summed E-state index contributed by atoms with van der Waals surface area (Å²) in [5, 5.41) is 0. The van der Waals surface area contributed by atoms with Crippen LogP contribution in [0.25, 0.3) is 11.2 Å². The number of allylic oxidation sites excluding steroid dienone is 1. The molecule has 0 atom stereocenters. The summed E-state index contributed by atoms with van der Waals surface area (Å²) in [7, 11) is 0. The molecule has 5 heteroatoms. The number of aryl methyl sites for hydroxylation is 1. The minimum atomic E-state index is 0.758. The molecule has 2 aromatic rings. The fraction of sp³-hybridized carbons (Fsp3) is 0.500. The number of nitrogens with zero attached hydrogens (tertiary/aromatic N) is 5. The lowest BCUT2D eigenvalue weighted by atomic mass is 10.4. The first-order chi connectivity index (χ1) is 9.35. The molecule has 1 aliphatic rings. The zero-order chi connectivity index (χ0) is 13.2. The second kappa shape index (κ2) is 4.99. The standard InChI is InChI=1S/C14H19N5/c1-3-7-19-11(4-2)17-13-12(19)14(16-10-15-13)18-8-5-6-9-18/h3,10H,1,4-9H2,2H3. The van der Waals surface area contributed by atoms with Crippen LogP contribution in [0.1, 0.15) is 25.6 Å². The molecular weight excluding hydrogens is 238 g/mol. The van der Waals surface area contributed by atoms with E-state index < -0.39 is 0 Å². The van der Waals surface area contributed by atoms with E-state index in [0.717, 1.165) is 48.9 Å². The third-order valence-corrected chi connectivity index (χ3v) is 3.63. The highest BCUT2D eigenvalue weighted by molar-refractivity contribution is 5.84. The largest absolute Gasteiger partial charge is 0.355 e. The molecule has 0 radical (unpaired) electrons. The van der Waals surface area contributed by atoms with E-state index in [4.69, 9.17) is 0 Å². The second-order valence-corrected chi connectivity index (χ2v) is 4.84. The summed E-state index contributed by atoms with van der Waals surface area (Å²) in [6, 6.07) is 0. The maximum Gasteiger partial charge on any atom is 0.183 e. The van der Waals surface area contributed by atoms with Crippen LogP contribution < -0.4 is 4.90 Å². The van der Waals surface area contributed by atoms with Crippen molar-refractivity contribution in [2.45, 2.75) is 32.7 Å². The summed E-state index contributed by atoms with van der Waals surface area (Å²) < 4.78 is 2.19. The summed E-state index contributed by atoms with van der Waals surface area (Å²) in [5.41, 5.74) is 1.86. The van der Waals surface area contributed by atoms with Crippen molar-refractivity contribution in [2.24, 2.45) is 0 Å². The van der Waals surface area contributed by atoms with Crippen LogP contribution >= 0.6 is 0 Å². The molecule has 1 saturated heterocycles. The summed E-state index contributed by atoms with van der Waals surface area (Å²) in [6.07, 6.45) is 6.90. The first-order valence-electron chi connectivity index (χ1n) is 6.91. The number of anilines is 1. The third-order valence-electron chi connectivity index (χ3n) is 3.63. The average Bonchev–Trinajstić information content (AvgIpc) is 3.06. The van der Waals surface area contributed by atoms with Crippen LogP contribution in [-0.2, 0) is 13.0 Å². The summed E-state index contributed by atoms with van der Waals surface area (Å²) in [6.45, 7) is 8.87. The fourth-order valence-electron chi connectivity index (χ4n) is 2.75. The highest BCUT2D eigenvalue weighted by Gasteiger charge is 2.21. The van der Waals surface area contributed by atoms with Crippen LogP contribution in [0.2, 0.25) is 0 Å². The zero-order valence-corrected chi connectivity index (χ0v) is 11.3. The molecule has 3 rings (SSSR count). The van der Waals surface area contributed by atoms with E-state index in [1.54, 1.807) is 6.33 Å². The van der Waals surface area contributed by atoms with Crippen LogP contribution in [0.15, 0.2) is 19.0 Å². The minimum Gasteiger partial charge on any atom is -0.355 e. The van der Waals surface area contributed by atoms with Crippen molar-refractivity contribution in [2.75, 3.05) is 18.0 Å². The topological polar surface area (TPSA) is 46.8 Å². The van der Waals surface area contributed by atoms with E-state index in [-0.39, 0.29) is 0 Å². The summed E-state index contributed by atoms with van der Waals surface area (Å²) in [5.74, 6) is 2.08. The molecule has 2 aromatic heterocycles. The van der Waals surface area contributed by atoms with Crippen molar-refractivity contribution in [3.63, 3.8) is 0 Å².